The molecular formula is C24H22F3N5O2. The van der Waals surface area contributed by atoms with Crippen molar-refractivity contribution in [3.8, 4) is 11.4 Å². The van der Waals surface area contributed by atoms with Gasteiger partial charge in [0.25, 0.3) is 0 Å². The molecule has 0 radical (unpaired) electrons. The number of fused-ring (bicyclic) bond motifs is 1. The lowest BCUT2D eigenvalue weighted by Gasteiger charge is -2.08. The minimum atomic E-state index is -4.47. The first-order valence-electron chi connectivity index (χ1n) is 10.7. The van der Waals surface area contributed by atoms with Crippen LogP contribution >= 0.6 is 0 Å². The van der Waals surface area contributed by atoms with Gasteiger partial charge in [-0.3, -0.25) is 4.79 Å². The fraction of sp³-hybridized carbons (Fsp3) is 0.250. The van der Waals surface area contributed by atoms with Crippen molar-refractivity contribution in [1.82, 2.24) is 24.5 Å². The number of rotatable bonds is 7. The van der Waals surface area contributed by atoms with Crippen molar-refractivity contribution in [2.75, 3.05) is 6.54 Å². The maximum Gasteiger partial charge on any atom is 0.416 e. The van der Waals surface area contributed by atoms with Crippen molar-refractivity contribution in [2.45, 2.75) is 32.5 Å². The van der Waals surface area contributed by atoms with Crippen LogP contribution in [-0.2, 0) is 23.9 Å². The number of carbonyl (C=O) groups is 1. The molecule has 4 aromatic rings. The number of aromatic nitrogens is 4. The number of nitrogens with one attached hydrogen (secondary N) is 1. The standard InChI is InChI=1S/C24H22F3N5O2/c1-16-14-20-30-31(15-21(33)28-13-5-8-17-6-3-2-4-7-17)23(34)32(20)22(29-16)18-9-11-19(12-10-18)24(25,26)27/h2-4,6-7,9-12,14H,5,8,13,15H2,1H3,(H,28,33). The quantitative estimate of drug-likeness (QED) is 0.419. The molecular weight excluding hydrogens is 447 g/mol. The van der Waals surface area contributed by atoms with Gasteiger partial charge in [-0.2, -0.15) is 13.2 Å². The summed E-state index contributed by atoms with van der Waals surface area (Å²) in [6, 6.07) is 15.8. The van der Waals surface area contributed by atoms with Crippen LogP contribution in [0.2, 0.25) is 0 Å². The Morgan fingerprint density at radius 2 is 1.76 bits per heavy atom. The van der Waals surface area contributed by atoms with E-state index in [-0.39, 0.29) is 23.9 Å². The number of halogens is 3. The fourth-order valence-corrected chi connectivity index (χ4v) is 3.62. The molecule has 0 aliphatic heterocycles. The number of benzene rings is 2. The first kappa shape index (κ1) is 23.2. The predicted molar refractivity (Wildman–Crippen MR) is 120 cm³/mol. The molecule has 7 nitrogen and oxygen atoms in total. The highest BCUT2D eigenvalue weighted by Gasteiger charge is 2.30. The molecule has 1 amide bonds. The number of amides is 1. The van der Waals surface area contributed by atoms with E-state index in [0.29, 0.717) is 17.8 Å². The SMILES string of the molecule is Cc1cc2nn(CC(=O)NCCCc3ccccc3)c(=O)n2c(-c2ccc(C(F)(F)F)cc2)n1. The average molecular weight is 469 g/mol. The zero-order valence-electron chi connectivity index (χ0n) is 18.3. The molecule has 2 heterocycles. The van der Waals surface area contributed by atoms with Crippen LogP contribution in [0.1, 0.15) is 23.2 Å². The summed E-state index contributed by atoms with van der Waals surface area (Å²) in [5, 5.41) is 7.00. The Bertz CT molecular complexity index is 1360. The zero-order valence-corrected chi connectivity index (χ0v) is 18.3. The van der Waals surface area contributed by atoms with E-state index >= 15 is 0 Å². The van der Waals surface area contributed by atoms with Crippen LogP contribution in [0.25, 0.3) is 17.0 Å². The Labute approximate surface area is 192 Å². The molecule has 0 atom stereocenters. The Kier molecular flexibility index (Phi) is 6.49. The van der Waals surface area contributed by atoms with Crippen molar-refractivity contribution in [3.63, 3.8) is 0 Å². The number of hydrogen-bond acceptors (Lipinski definition) is 4. The Balaban J connectivity index is 1.51. The predicted octanol–water partition coefficient (Wildman–Crippen LogP) is 3.63. The molecule has 0 bridgehead atoms. The lowest BCUT2D eigenvalue weighted by molar-refractivity contribution is -0.137. The molecule has 1 N–H and O–H groups in total. The van der Waals surface area contributed by atoms with E-state index in [1.165, 1.54) is 22.1 Å². The molecule has 0 saturated carbocycles. The number of carbonyl (C=O) groups excluding carboxylic acids is 1. The minimum Gasteiger partial charge on any atom is -0.354 e. The largest absolute Gasteiger partial charge is 0.416 e. The minimum absolute atomic E-state index is 0.156. The van der Waals surface area contributed by atoms with Gasteiger partial charge in [0, 0.05) is 23.9 Å². The molecule has 0 fully saturated rings. The van der Waals surface area contributed by atoms with Gasteiger partial charge < -0.3 is 5.32 Å². The van der Waals surface area contributed by atoms with Crippen molar-refractivity contribution in [2.24, 2.45) is 0 Å². The smallest absolute Gasteiger partial charge is 0.354 e. The first-order chi connectivity index (χ1) is 16.2. The van der Waals surface area contributed by atoms with Crippen LogP contribution in [0.4, 0.5) is 13.2 Å². The maximum atomic E-state index is 13.0. The zero-order chi connectivity index (χ0) is 24.3. The van der Waals surface area contributed by atoms with E-state index in [0.717, 1.165) is 29.7 Å². The van der Waals surface area contributed by atoms with Crippen LogP contribution in [0.15, 0.2) is 65.5 Å². The molecule has 2 aromatic heterocycles. The van der Waals surface area contributed by atoms with Crippen molar-refractivity contribution in [3.05, 3.63) is 88.0 Å². The van der Waals surface area contributed by atoms with E-state index in [9.17, 15) is 22.8 Å². The van der Waals surface area contributed by atoms with Gasteiger partial charge in [-0.05, 0) is 37.5 Å². The third-order valence-corrected chi connectivity index (χ3v) is 5.27. The molecule has 0 saturated heterocycles. The van der Waals surface area contributed by atoms with Gasteiger partial charge in [0.05, 0.1) is 5.56 Å². The fourth-order valence-electron chi connectivity index (χ4n) is 3.62. The monoisotopic (exact) mass is 469 g/mol. The summed E-state index contributed by atoms with van der Waals surface area (Å²) in [7, 11) is 0. The second-order valence-electron chi connectivity index (χ2n) is 7.87. The third kappa shape index (κ3) is 5.16. The van der Waals surface area contributed by atoms with Gasteiger partial charge in [0.15, 0.2) is 5.65 Å². The molecule has 2 aromatic carbocycles. The number of hydrogen-bond donors (Lipinski definition) is 1. The highest BCUT2D eigenvalue weighted by Crippen LogP contribution is 2.30. The molecule has 0 unspecified atom stereocenters. The lowest BCUT2D eigenvalue weighted by atomic mass is 10.1. The molecule has 10 heteroatoms. The summed E-state index contributed by atoms with van der Waals surface area (Å²) >= 11 is 0. The van der Waals surface area contributed by atoms with Crippen molar-refractivity contribution < 1.29 is 18.0 Å². The van der Waals surface area contributed by atoms with Gasteiger partial charge in [-0.15, -0.1) is 5.10 Å². The lowest BCUT2D eigenvalue weighted by Crippen LogP contribution is -2.33. The molecule has 0 aliphatic rings. The summed E-state index contributed by atoms with van der Waals surface area (Å²) in [5.74, 6) is -0.206. The third-order valence-electron chi connectivity index (χ3n) is 5.27. The van der Waals surface area contributed by atoms with E-state index < -0.39 is 17.4 Å². The summed E-state index contributed by atoms with van der Waals surface area (Å²) < 4.78 is 40.9. The van der Waals surface area contributed by atoms with Crippen LogP contribution < -0.4 is 11.0 Å². The Morgan fingerprint density at radius 3 is 2.44 bits per heavy atom. The topological polar surface area (TPSA) is 81.3 Å². The Hall–Kier alpha value is -3.95. The molecule has 4 rings (SSSR count). The van der Waals surface area contributed by atoms with Gasteiger partial charge >= 0.3 is 11.9 Å². The van der Waals surface area contributed by atoms with E-state index in [1.807, 2.05) is 30.3 Å². The maximum absolute atomic E-state index is 13.0. The van der Waals surface area contributed by atoms with Crippen LogP contribution in [0.5, 0.6) is 0 Å². The van der Waals surface area contributed by atoms with Crippen LogP contribution in [0, 0.1) is 6.92 Å². The number of alkyl halides is 3. The second kappa shape index (κ2) is 9.50. The summed E-state index contributed by atoms with van der Waals surface area (Å²) in [6.07, 6.45) is -2.90. The van der Waals surface area contributed by atoms with E-state index in [2.05, 4.69) is 15.4 Å². The highest BCUT2D eigenvalue weighted by atomic mass is 19.4. The normalized spacial score (nSPS) is 11.6. The molecule has 176 valence electrons. The average Bonchev–Trinajstić information content (AvgIpc) is 3.11. The summed E-state index contributed by atoms with van der Waals surface area (Å²) in [5.41, 5.74) is 0.888. The van der Waals surface area contributed by atoms with Gasteiger partial charge in [-0.1, -0.05) is 42.5 Å². The highest BCUT2D eigenvalue weighted by molar-refractivity contribution is 5.75. The summed E-state index contributed by atoms with van der Waals surface area (Å²) in [4.78, 5) is 29.7. The molecule has 0 aliphatic carbocycles. The van der Waals surface area contributed by atoms with Gasteiger partial charge in [0.2, 0.25) is 5.91 Å². The van der Waals surface area contributed by atoms with Crippen LogP contribution in [-0.4, -0.2) is 31.6 Å². The Morgan fingerprint density at radius 1 is 1.06 bits per heavy atom. The summed E-state index contributed by atoms with van der Waals surface area (Å²) in [6.45, 7) is 1.86. The number of nitrogens with zero attached hydrogens (tertiary/aromatic N) is 4. The molecule has 0 spiro atoms. The van der Waals surface area contributed by atoms with Crippen LogP contribution in [0.3, 0.4) is 0 Å². The van der Waals surface area contributed by atoms with Crippen molar-refractivity contribution in [1.29, 1.82) is 0 Å². The van der Waals surface area contributed by atoms with E-state index in [4.69, 9.17) is 0 Å². The van der Waals surface area contributed by atoms with Gasteiger partial charge in [-0.25, -0.2) is 18.9 Å². The number of aryl methyl sites for hydroxylation is 2. The van der Waals surface area contributed by atoms with Crippen molar-refractivity contribution >= 4 is 11.6 Å². The first-order valence-corrected chi connectivity index (χ1v) is 10.7. The molecule has 34 heavy (non-hydrogen) atoms. The van der Waals surface area contributed by atoms with Gasteiger partial charge in [0.1, 0.15) is 12.4 Å². The second-order valence-corrected chi connectivity index (χ2v) is 7.87. The van der Waals surface area contributed by atoms with E-state index in [1.54, 1.807) is 13.0 Å².